The number of amides is 2. The predicted molar refractivity (Wildman–Crippen MR) is 96.4 cm³/mol. The number of carbonyl (C=O) groups is 2. The van der Waals surface area contributed by atoms with Gasteiger partial charge in [0.15, 0.2) is 0 Å². The maximum Gasteiger partial charge on any atom is 0.236 e. The van der Waals surface area contributed by atoms with Crippen LogP contribution >= 0.6 is 24.8 Å². The molecule has 1 atom stereocenters. The van der Waals surface area contributed by atoms with Crippen molar-refractivity contribution >= 4 is 36.6 Å². The van der Waals surface area contributed by atoms with Gasteiger partial charge in [-0.2, -0.15) is 0 Å². The van der Waals surface area contributed by atoms with E-state index in [1.165, 1.54) is 0 Å². The third-order valence-corrected chi connectivity index (χ3v) is 4.58. The van der Waals surface area contributed by atoms with Crippen LogP contribution < -0.4 is 10.6 Å². The number of nitrogens with zero attached hydrogens (tertiary/aromatic N) is 2. The van der Waals surface area contributed by atoms with Gasteiger partial charge in [0.25, 0.3) is 0 Å². The van der Waals surface area contributed by atoms with Crippen molar-refractivity contribution in [1.82, 2.24) is 20.4 Å². The summed E-state index contributed by atoms with van der Waals surface area (Å²) in [5.41, 5.74) is 0. The van der Waals surface area contributed by atoms with Gasteiger partial charge in [-0.15, -0.1) is 24.8 Å². The van der Waals surface area contributed by atoms with Gasteiger partial charge in [0.05, 0.1) is 12.5 Å². The first-order valence-electron chi connectivity index (χ1n) is 8.08. The number of carbonyl (C=O) groups excluding carboxylic acids is 2. The molecule has 0 saturated carbocycles. The minimum atomic E-state index is -0.0295. The highest BCUT2D eigenvalue weighted by Crippen LogP contribution is 2.17. The van der Waals surface area contributed by atoms with Gasteiger partial charge in [-0.25, -0.2) is 0 Å². The third kappa shape index (κ3) is 6.45. The monoisotopic (exact) mass is 368 g/mol. The van der Waals surface area contributed by atoms with Crippen molar-refractivity contribution in [2.75, 3.05) is 46.3 Å². The first kappa shape index (κ1) is 22.4. The largest absolute Gasteiger partial charge is 0.356 e. The lowest BCUT2D eigenvalue weighted by Gasteiger charge is -2.32. The van der Waals surface area contributed by atoms with E-state index in [1.54, 1.807) is 0 Å². The fourth-order valence-electron chi connectivity index (χ4n) is 3.21. The van der Waals surface area contributed by atoms with Gasteiger partial charge >= 0.3 is 0 Å². The molecule has 0 aromatic heterocycles. The van der Waals surface area contributed by atoms with Gasteiger partial charge in [-0.05, 0) is 46.3 Å². The molecule has 2 N–H and O–H groups in total. The van der Waals surface area contributed by atoms with Gasteiger partial charge in [0.2, 0.25) is 11.8 Å². The summed E-state index contributed by atoms with van der Waals surface area (Å²) in [6.45, 7) is 6.39. The van der Waals surface area contributed by atoms with Crippen molar-refractivity contribution in [3.05, 3.63) is 0 Å². The van der Waals surface area contributed by atoms with Gasteiger partial charge in [-0.3, -0.25) is 14.5 Å². The van der Waals surface area contributed by atoms with Crippen LogP contribution in [-0.4, -0.2) is 74.0 Å². The molecule has 2 heterocycles. The van der Waals surface area contributed by atoms with E-state index < -0.39 is 0 Å². The van der Waals surface area contributed by atoms with E-state index in [2.05, 4.69) is 15.5 Å². The molecule has 0 aliphatic carbocycles. The summed E-state index contributed by atoms with van der Waals surface area (Å²) in [5.74, 6) is 0.209. The Balaban J connectivity index is 0.00000242. The highest BCUT2D eigenvalue weighted by molar-refractivity contribution is 5.85. The van der Waals surface area contributed by atoms with E-state index in [9.17, 15) is 9.59 Å². The number of likely N-dealkylation sites (tertiary alicyclic amines) is 1. The van der Waals surface area contributed by atoms with Crippen molar-refractivity contribution in [2.24, 2.45) is 5.92 Å². The standard InChI is InChI=1S/C15H28N4O2.2ClH/c1-3-17-15(21)12-6-9-19(10-12)14(20)11-18(2)13-4-7-16-8-5-13;;/h12-13,16H,3-11H2,1-2H3,(H,17,21);2*1H. The molecule has 0 radical (unpaired) electrons. The predicted octanol–water partition coefficient (Wildman–Crippen LogP) is 0.498. The average Bonchev–Trinajstić information content (AvgIpc) is 2.98. The van der Waals surface area contributed by atoms with Crippen molar-refractivity contribution in [2.45, 2.75) is 32.2 Å². The Bertz CT molecular complexity index is 378. The summed E-state index contributed by atoms with van der Waals surface area (Å²) in [6.07, 6.45) is 2.99. The quantitative estimate of drug-likeness (QED) is 0.741. The molecule has 0 spiro atoms. The molecule has 0 aromatic carbocycles. The number of hydrogen-bond acceptors (Lipinski definition) is 4. The van der Waals surface area contributed by atoms with Gasteiger partial charge < -0.3 is 15.5 Å². The second-order valence-corrected chi connectivity index (χ2v) is 6.12. The SMILES string of the molecule is CCNC(=O)C1CCN(C(=O)CN(C)C2CCNCC2)C1.Cl.Cl. The van der Waals surface area contributed by atoms with Crippen LogP contribution in [0.3, 0.4) is 0 Å². The highest BCUT2D eigenvalue weighted by Gasteiger charge is 2.31. The van der Waals surface area contributed by atoms with E-state index in [-0.39, 0.29) is 42.5 Å². The average molecular weight is 369 g/mol. The molecule has 2 aliphatic rings. The second-order valence-electron chi connectivity index (χ2n) is 6.12. The van der Waals surface area contributed by atoms with E-state index in [1.807, 2.05) is 18.9 Å². The summed E-state index contributed by atoms with van der Waals surface area (Å²) in [5, 5.41) is 6.19. The Labute approximate surface area is 151 Å². The van der Waals surface area contributed by atoms with E-state index >= 15 is 0 Å². The summed E-state index contributed by atoms with van der Waals surface area (Å²) in [7, 11) is 2.03. The zero-order valence-corrected chi connectivity index (χ0v) is 15.7. The normalized spacial score (nSPS) is 21.5. The van der Waals surface area contributed by atoms with Crippen molar-refractivity contribution in [3.63, 3.8) is 0 Å². The first-order chi connectivity index (χ1) is 10.1. The Morgan fingerprint density at radius 2 is 1.87 bits per heavy atom. The second kappa shape index (κ2) is 11.1. The van der Waals surface area contributed by atoms with Crippen LogP contribution in [-0.2, 0) is 9.59 Å². The molecule has 136 valence electrons. The Hall–Kier alpha value is -0.560. The Kier molecular flexibility index (Phi) is 10.8. The fourth-order valence-corrected chi connectivity index (χ4v) is 3.21. The molecule has 8 heteroatoms. The molecule has 23 heavy (non-hydrogen) atoms. The highest BCUT2D eigenvalue weighted by atomic mass is 35.5. The third-order valence-electron chi connectivity index (χ3n) is 4.58. The number of halogens is 2. The van der Waals surface area contributed by atoms with Gasteiger partial charge in [0, 0.05) is 25.7 Å². The zero-order valence-electron chi connectivity index (χ0n) is 14.0. The van der Waals surface area contributed by atoms with Crippen LogP contribution in [0, 0.1) is 5.92 Å². The topological polar surface area (TPSA) is 64.7 Å². The van der Waals surface area contributed by atoms with Crippen LogP contribution in [0.4, 0.5) is 0 Å². The number of hydrogen-bond donors (Lipinski definition) is 2. The molecule has 0 aromatic rings. The molecule has 0 bridgehead atoms. The molecule has 2 amide bonds. The number of rotatable bonds is 5. The van der Waals surface area contributed by atoms with E-state index in [0.717, 1.165) is 32.4 Å². The molecular formula is C15H30Cl2N4O2. The minimum absolute atomic E-state index is 0. The van der Waals surface area contributed by atoms with Crippen LogP contribution in [0.1, 0.15) is 26.2 Å². The van der Waals surface area contributed by atoms with Crippen molar-refractivity contribution in [3.8, 4) is 0 Å². The van der Waals surface area contributed by atoms with Crippen LogP contribution in [0.5, 0.6) is 0 Å². The Morgan fingerprint density at radius 3 is 2.48 bits per heavy atom. The molecule has 2 rings (SSSR count). The van der Waals surface area contributed by atoms with E-state index in [4.69, 9.17) is 0 Å². The molecule has 1 unspecified atom stereocenters. The summed E-state index contributed by atoms with van der Waals surface area (Å²) in [6, 6.07) is 0.497. The first-order valence-corrected chi connectivity index (χ1v) is 8.08. The lowest BCUT2D eigenvalue weighted by molar-refractivity contribution is -0.132. The molecule has 2 saturated heterocycles. The van der Waals surface area contributed by atoms with Crippen molar-refractivity contribution in [1.29, 1.82) is 0 Å². The van der Waals surface area contributed by atoms with Crippen LogP contribution in [0.15, 0.2) is 0 Å². The molecule has 2 fully saturated rings. The summed E-state index contributed by atoms with van der Waals surface area (Å²) >= 11 is 0. The summed E-state index contributed by atoms with van der Waals surface area (Å²) in [4.78, 5) is 28.2. The maximum atomic E-state index is 12.4. The molecule has 6 nitrogen and oxygen atoms in total. The number of piperidine rings is 1. The fraction of sp³-hybridized carbons (Fsp3) is 0.867. The number of nitrogens with one attached hydrogen (secondary N) is 2. The lowest BCUT2D eigenvalue weighted by atomic mass is 10.1. The summed E-state index contributed by atoms with van der Waals surface area (Å²) < 4.78 is 0. The maximum absolute atomic E-state index is 12.4. The smallest absolute Gasteiger partial charge is 0.236 e. The minimum Gasteiger partial charge on any atom is -0.356 e. The van der Waals surface area contributed by atoms with Crippen LogP contribution in [0.25, 0.3) is 0 Å². The van der Waals surface area contributed by atoms with Gasteiger partial charge in [0.1, 0.15) is 0 Å². The van der Waals surface area contributed by atoms with Crippen LogP contribution in [0.2, 0.25) is 0 Å². The van der Waals surface area contributed by atoms with E-state index in [0.29, 0.717) is 32.2 Å². The van der Waals surface area contributed by atoms with Crippen molar-refractivity contribution < 1.29 is 9.59 Å². The lowest BCUT2D eigenvalue weighted by Crippen LogP contribution is -2.46. The van der Waals surface area contributed by atoms with Gasteiger partial charge in [-0.1, -0.05) is 0 Å². The zero-order chi connectivity index (χ0) is 15.2. The Morgan fingerprint density at radius 1 is 1.22 bits per heavy atom. The molecular weight excluding hydrogens is 339 g/mol. The molecule has 2 aliphatic heterocycles. The number of likely N-dealkylation sites (N-methyl/N-ethyl adjacent to an activating group) is 1.